The van der Waals surface area contributed by atoms with Crippen molar-refractivity contribution in [2.75, 3.05) is 26.2 Å². The third-order valence-electron chi connectivity index (χ3n) is 3.74. The lowest BCUT2D eigenvalue weighted by Gasteiger charge is -2.20. The van der Waals surface area contributed by atoms with Crippen LogP contribution in [0.5, 0.6) is 0 Å². The smallest absolute Gasteiger partial charge is 0.216 e. The van der Waals surface area contributed by atoms with Gasteiger partial charge in [0.2, 0.25) is 10.0 Å². The molecular weight excluding hydrogens is 326 g/mol. The van der Waals surface area contributed by atoms with Crippen LogP contribution in [0.3, 0.4) is 0 Å². The summed E-state index contributed by atoms with van der Waals surface area (Å²) in [6.07, 6.45) is 1.26. The maximum absolute atomic E-state index is 12.6. The summed E-state index contributed by atoms with van der Waals surface area (Å²) in [4.78, 5) is 0.230. The number of benzene rings is 1. The van der Waals surface area contributed by atoms with E-state index < -0.39 is 20.2 Å². The molecule has 1 heterocycles. The lowest BCUT2D eigenvalue weighted by Crippen LogP contribution is -2.40. The summed E-state index contributed by atoms with van der Waals surface area (Å²) in [6.45, 7) is 2.70. The molecule has 2 rings (SSSR count). The van der Waals surface area contributed by atoms with E-state index in [0.29, 0.717) is 6.42 Å². The molecule has 0 unspecified atom stereocenters. The van der Waals surface area contributed by atoms with E-state index >= 15 is 0 Å². The molecule has 0 saturated carbocycles. The summed E-state index contributed by atoms with van der Waals surface area (Å²) in [7, 11) is -7.39. The van der Waals surface area contributed by atoms with E-state index in [-0.39, 0.29) is 31.1 Å². The Morgan fingerprint density at radius 1 is 0.955 bits per heavy atom. The summed E-state index contributed by atoms with van der Waals surface area (Å²) in [6, 6.07) is 6.77. The number of nitrogens with two attached hydrogens (primary N) is 1. The van der Waals surface area contributed by atoms with Crippen molar-refractivity contribution in [1.29, 1.82) is 0 Å². The first kappa shape index (κ1) is 17.4. The molecule has 0 radical (unpaired) electrons. The van der Waals surface area contributed by atoms with Gasteiger partial charge in [-0.2, -0.15) is 17.0 Å². The second-order valence-corrected chi connectivity index (χ2v) is 8.68. The monoisotopic (exact) mass is 347 g/mol. The van der Waals surface area contributed by atoms with Crippen LogP contribution in [0.25, 0.3) is 0 Å². The summed E-state index contributed by atoms with van der Waals surface area (Å²) in [5.74, 6) is 0. The topological polar surface area (TPSA) is 101 Å². The van der Waals surface area contributed by atoms with E-state index in [0.717, 1.165) is 16.3 Å². The zero-order chi connectivity index (χ0) is 16.4. The van der Waals surface area contributed by atoms with Gasteiger partial charge in [-0.15, -0.1) is 0 Å². The molecule has 1 fully saturated rings. The fourth-order valence-corrected chi connectivity index (χ4v) is 4.60. The molecule has 0 aromatic heterocycles. The Hall–Kier alpha value is -1.00. The highest BCUT2D eigenvalue weighted by Crippen LogP contribution is 2.19. The molecule has 0 amide bonds. The van der Waals surface area contributed by atoms with Crippen LogP contribution in [0.4, 0.5) is 0 Å². The normalized spacial score (nSPS) is 19.0. The molecular formula is C13H21N3O4S2. The largest absolute Gasteiger partial charge is 0.276 e. The Kier molecular flexibility index (Phi) is 5.23. The van der Waals surface area contributed by atoms with Gasteiger partial charge in [0.05, 0.1) is 4.90 Å². The Balaban J connectivity index is 2.19. The number of rotatable bonds is 4. The zero-order valence-corrected chi connectivity index (χ0v) is 14.1. The van der Waals surface area contributed by atoms with Crippen LogP contribution in [0.2, 0.25) is 0 Å². The van der Waals surface area contributed by atoms with Crippen LogP contribution in [0, 0.1) is 0 Å². The predicted molar refractivity (Wildman–Crippen MR) is 83.9 cm³/mol. The molecule has 2 N–H and O–H groups in total. The van der Waals surface area contributed by atoms with Crippen molar-refractivity contribution in [3.63, 3.8) is 0 Å². The van der Waals surface area contributed by atoms with Crippen LogP contribution in [0.15, 0.2) is 29.2 Å². The number of aryl methyl sites for hydroxylation is 1. The maximum Gasteiger partial charge on any atom is 0.276 e. The molecule has 1 aromatic carbocycles. The number of hydrogen-bond acceptors (Lipinski definition) is 4. The van der Waals surface area contributed by atoms with E-state index in [9.17, 15) is 16.8 Å². The van der Waals surface area contributed by atoms with E-state index in [2.05, 4.69) is 0 Å². The molecule has 0 atom stereocenters. The molecule has 1 aliphatic heterocycles. The van der Waals surface area contributed by atoms with E-state index in [4.69, 9.17) is 5.14 Å². The second kappa shape index (κ2) is 6.63. The average molecular weight is 347 g/mol. The summed E-state index contributed by atoms with van der Waals surface area (Å²) in [5.41, 5.74) is 1.07. The molecule has 1 aliphatic rings. The van der Waals surface area contributed by atoms with Crippen molar-refractivity contribution in [3.8, 4) is 0 Å². The van der Waals surface area contributed by atoms with Gasteiger partial charge < -0.3 is 0 Å². The van der Waals surface area contributed by atoms with Gasteiger partial charge in [-0.3, -0.25) is 0 Å². The second-order valence-electron chi connectivity index (χ2n) is 5.20. The highest BCUT2D eigenvalue weighted by molar-refractivity contribution is 7.89. The quantitative estimate of drug-likeness (QED) is 0.837. The Labute approximate surface area is 131 Å². The minimum absolute atomic E-state index is 0.0745. The van der Waals surface area contributed by atoms with Gasteiger partial charge in [-0.05, 0) is 30.5 Å². The molecule has 7 nitrogen and oxygen atoms in total. The van der Waals surface area contributed by atoms with Gasteiger partial charge in [-0.25, -0.2) is 13.6 Å². The van der Waals surface area contributed by atoms with E-state index in [1.165, 1.54) is 4.31 Å². The molecule has 22 heavy (non-hydrogen) atoms. The highest BCUT2D eigenvalue weighted by Gasteiger charge is 2.29. The fourth-order valence-electron chi connectivity index (χ4n) is 2.41. The lowest BCUT2D eigenvalue weighted by atomic mass is 10.2. The lowest BCUT2D eigenvalue weighted by molar-refractivity contribution is 0.405. The van der Waals surface area contributed by atoms with Crippen LogP contribution < -0.4 is 5.14 Å². The first-order chi connectivity index (χ1) is 10.2. The third-order valence-corrected chi connectivity index (χ3v) is 6.74. The summed E-state index contributed by atoms with van der Waals surface area (Å²) < 4.78 is 50.4. The third kappa shape index (κ3) is 3.85. The number of nitrogens with zero attached hydrogens (tertiary/aromatic N) is 2. The molecule has 0 bridgehead atoms. The van der Waals surface area contributed by atoms with Gasteiger partial charge in [0.25, 0.3) is 10.2 Å². The minimum Gasteiger partial charge on any atom is -0.216 e. The van der Waals surface area contributed by atoms with Gasteiger partial charge in [0, 0.05) is 26.2 Å². The van der Waals surface area contributed by atoms with Gasteiger partial charge in [-0.1, -0.05) is 19.1 Å². The van der Waals surface area contributed by atoms with Crippen molar-refractivity contribution in [2.45, 2.75) is 24.7 Å². The van der Waals surface area contributed by atoms with Crippen LogP contribution >= 0.6 is 0 Å². The van der Waals surface area contributed by atoms with Crippen molar-refractivity contribution < 1.29 is 16.8 Å². The van der Waals surface area contributed by atoms with Crippen molar-refractivity contribution in [2.24, 2.45) is 5.14 Å². The zero-order valence-electron chi connectivity index (χ0n) is 12.5. The molecule has 9 heteroatoms. The minimum atomic E-state index is -3.78. The maximum atomic E-state index is 12.6. The molecule has 0 aliphatic carbocycles. The molecule has 1 saturated heterocycles. The summed E-state index contributed by atoms with van der Waals surface area (Å²) >= 11 is 0. The van der Waals surface area contributed by atoms with E-state index in [1.807, 2.05) is 6.92 Å². The molecule has 1 aromatic rings. The van der Waals surface area contributed by atoms with Crippen LogP contribution in [0.1, 0.15) is 18.9 Å². The summed E-state index contributed by atoms with van der Waals surface area (Å²) in [5, 5.41) is 5.11. The van der Waals surface area contributed by atoms with Gasteiger partial charge in [0.1, 0.15) is 0 Å². The fraction of sp³-hybridized carbons (Fsp3) is 0.538. The first-order valence-corrected chi connectivity index (χ1v) is 10.1. The van der Waals surface area contributed by atoms with Crippen molar-refractivity contribution >= 4 is 20.2 Å². The highest BCUT2D eigenvalue weighted by atomic mass is 32.2. The predicted octanol–water partition coefficient (Wildman–Crippen LogP) is 0.149. The average Bonchev–Trinajstić information content (AvgIpc) is 2.73. The number of hydrogen-bond donors (Lipinski definition) is 1. The van der Waals surface area contributed by atoms with Crippen molar-refractivity contribution in [1.82, 2.24) is 8.61 Å². The molecule has 124 valence electrons. The Morgan fingerprint density at radius 2 is 1.50 bits per heavy atom. The van der Waals surface area contributed by atoms with Gasteiger partial charge >= 0.3 is 0 Å². The van der Waals surface area contributed by atoms with Crippen LogP contribution in [-0.4, -0.2) is 51.6 Å². The van der Waals surface area contributed by atoms with E-state index in [1.54, 1.807) is 24.3 Å². The van der Waals surface area contributed by atoms with Gasteiger partial charge in [0.15, 0.2) is 0 Å². The first-order valence-electron chi connectivity index (χ1n) is 7.12. The Morgan fingerprint density at radius 3 is 2.05 bits per heavy atom. The standard InChI is InChI=1S/C13H21N3O4S2/c1-2-12-4-6-13(7-5-12)21(17,18)15-8-3-9-16(11-10-15)22(14,19)20/h4-7H,2-3,8-11H2,1H3,(H2,14,19,20). The van der Waals surface area contributed by atoms with Crippen LogP contribution in [-0.2, 0) is 26.7 Å². The Bertz CT molecular complexity index is 714. The van der Waals surface area contributed by atoms with Crippen molar-refractivity contribution in [3.05, 3.63) is 29.8 Å². The number of sulfonamides is 1. The molecule has 0 spiro atoms. The SMILES string of the molecule is CCc1ccc(S(=O)(=O)N2CCCN(S(N)(=O)=O)CC2)cc1.